The first-order chi connectivity index (χ1) is 12.4. The SMILES string of the molecule is CC(O)CC(CN=C(N)Nc1ccc(OC(C)C)cc1)c1ccccc1.I. The summed E-state index contributed by atoms with van der Waals surface area (Å²) in [6, 6.07) is 17.7. The lowest BCUT2D eigenvalue weighted by Gasteiger charge is -2.17. The summed E-state index contributed by atoms with van der Waals surface area (Å²) in [5, 5.41) is 12.9. The number of benzene rings is 2. The van der Waals surface area contributed by atoms with Crippen molar-refractivity contribution in [2.45, 2.75) is 45.3 Å². The summed E-state index contributed by atoms with van der Waals surface area (Å²) >= 11 is 0. The van der Waals surface area contributed by atoms with E-state index in [-0.39, 0.29) is 36.0 Å². The Balaban J connectivity index is 0.00000364. The van der Waals surface area contributed by atoms with E-state index >= 15 is 0 Å². The van der Waals surface area contributed by atoms with Crippen molar-refractivity contribution >= 4 is 35.6 Å². The average molecular weight is 483 g/mol. The monoisotopic (exact) mass is 483 g/mol. The van der Waals surface area contributed by atoms with Gasteiger partial charge in [-0.1, -0.05) is 30.3 Å². The third-order valence-electron chi connectivity index (χ3n) is 3.88. The Bertz CT molecular complexity index is 688. The molecule has 6 heteroatoms. The number of nitrogens with two attached hydrogens (primary N) is 1. The van der Waals surface area contributed by atoms with Crippen LogP contribution in [0.15, 0.2) is 59.6 Å². The Morgan fingerprint density at radius 2 is 1.70 bits per heavy atom. The van der Waals surface area contributed by atoms with E-state index in [0.717, 1.165) is 17.0 Å². The maximum atomic E-state index is 9.77. The molecule has 5 nitrogen and oxygen atoms in total. The number of nitrogens with one attached hydrogen (secondary N) is 1. The first-order valence-corrected chi connectivity index (χ1v) is 9.00. The van der Waals surface area contributed by atoms with Gasteiger partial charge in [0.1, 0.15) is 5.75 Å². The molecule has 0 bridgehead atoms. The molecule has 0 radical (unpaired) electrons. The largest absolute Gasteiger partial charge is 0.491 e. The van der Waals surface area contributed by atoms with Crippen LogP contribution in [0, 0.1) is 0 Å². The van der Waals surface area contributed by atoms with Crippen LogP contribution in [0.2, 0.25) is 0 Å². The third kappa shape index (κ3) is 8.62. The third-order valence-corrected chi connectivity index (χ3v) is 3.88. The number of aliphatic hydroxyl groups excluding tert-OH is 1. The van der Waals surface area contributed by atoms with Crippen LogP contribution >= 0.6 is 24.0 Å². The van der Waals surface area contributed by atoms with Gasteiger partial charge in [-0.3, -0.25) is 4.99 Å². The van der Waals surface area contributed by atoms with Gasteiger partial charge in [-0.05, 0) is 57.0 Å². The summed E-state index contributed by atoms with van der Waals surface area (Å²) in [4.78, 5) is 4.46. The molecule has 0 saturated carbocycles. The fourth-order valence-corrected chi connectivity index (χ4v) is 2.74. The van der Waals surface area contributed by atoms with Crippen LogP contribution in [0.3, 0.4) is 0 Å². The Morgan fingerprint density at radius 1 is 1.07 bits per heavy atom. The van der Waals surface area contributed by atoms with Crippen molar-refractivity contribution in [3.8, 4) is 5.75 Å². The molecule has 4 N–H and O–H groups in total. The normalized spacial score (nSPS) is 13.6. The first-order valence-electron chi connectivity index (χ1n) is 9.00. The van der Waals surface area contributed by atoms with Crippen LogP contribution in [-0.2, 0) is 0 Å². The predicted octanol–water partition coefficient (Wildman–Crippen LogP) is 4.37. The molecule has 148 valence electrons. The van der Waals surface area contributed by atoms with Gasteiger partial charge >= 0.3 is 0 Å². The number of hydrogen-bond acceptors (Lipinski definition) is 3. The number of aliphatic imine (C=N–C) groups is 1. The number of anilines is 1. The number of guanidine groups is 1. The van der Waals surface area contributed by atoms with Crippen LogP contribution in [0.4, 0.5) is 5.69 Å². The first kappa shape index (κ1) is 23.2. The van der Waals surface area contributed by atoms with E-state index in [4.69, 9.17) is 10.5 Å². The fourth-order valence-electron chi connectivity index (χ4n) is 2.74. The lowest BCUT2D eigenvalue weighted by molar-refractivity contribution is 0.175. The molecule has 0 saturated heterocycles. The molecular formula is C21H30IN3O2. The van der Waals surface area contributed by atoms with Crippen LogP contribution in [0.25, 0.3) is 0 Å². The number of halogens is 1. The van der Waals surface area contributed by atoms with Gasteiger partial charge in [0, 0.05) is 18.2 Å². The molecule has 2 aromatic carbocycles. The van der Waals surface area contributed by atoms with Gasteiger partial charge in [-0.25, -0.2) is 0 Å². The highest BCUT2D eigenvalue weighted by Gasteiger charge is 2.14. The number of rotatable bonds is 8. The van der Waals surface area contributed by atoms with Gasteiger partial charge in [-0.15, -0.1) is 24.0 Å². The highest BCUT2D eigenvalue weighted by atomic mass is 127. The molecule has 27 heavy (non-hydrogen) atoms. The predicted molar refractivity (Wildman–Crippen MR) is 123 cm³/mol. The molecule has 0 heterocycles. The molecule has 0 aliphatic heterocycles. The summed E-state index contributed by atoms with van der Waals surface area (Å²) in [5.41, 5.74) is 8.04. The van der Waals surface area contributed by atoms with E-state index in [2.05, 4.69) is 22.4 Å². The van der Waals surface area contributed by atoms with Crippen molar-refractivity contribution in [3.63, 3.8) is 0 Å². The van der Waals surface area contributed by atoms with Crippen molar-refractivity contribution in [3.05, 3.63) is 60.2 Å². The molecule has 2 atom stereocenters. The van der Waals surface area contributed by atoms with Crippen molar-refractivity contribution in [1.82, 2.24) is 0 Å². The minimum absolute atomic E-state index is 0. The molecule has 2 unspecified atom stereocenters. The number of ether oxygens (including phenoxy) is 1. The summed E-state index contributed by atoms with van der Waals surface area (Å²) in [5.74, 6) is 1.30. The van der Waals surface area contributed by atoms with Crippen LogP contribution in [-0.4, -0.2) is 29.8 Å². The second-order valence-electron chi connectivity index (χ2n) is 6.73. The van der Waals surface area contributed by atoms with Crippen molar-refractivity contribution in [2.24, 2.45) is 10.7 Å². The smallest absolute Gasteiger partial charge is 0.193 e. The summed E-state index contributed by atoms with van der Waals surface area (Å²) in [6.45, 7) is 6.30. The molecule has 0 fully saturated rings. The molecule has 0 spiro atoms. The Morgan fingerprint density at radius 3 is 2.26 bits per heavy atom. The zero-order valence-electron chi connectivity index (χ0n) is 16.1. The lowest BCUT2D eigenvalue weighted by atomic mass is 9.93. The van der Waals surface area contributed by atoms with Gasteiger partial charge < -0.3 is 20.9 Å². The topological polar surface area (TPSA) is 79.9 Å². The van der Waals surface area contributed by atoms with Crippen LogP contribution in [0.5, 0.6) is 5.75 Å². The van der Waals surface area contributed by atoms with E-state index < -0.39 is 6.10 Å². The fraction of sp³-hybridized carbons (Fsp3) is 0.381. The quantitative estimate of drug-likeness (QED) is 0.296. The van der Waals surface area contributed by atoms with Crippen molar-refractivity contribution in [1.29, 1.82) is 0 Å². The number of hydrogen-bond donors (Lipinski definition) is 3. The van der Waals surface area contributed by atoms with Gasteiger partial charge in [0.25, 0.3) is 0 Å². The number of aliphatic hydroxyl groups is 1. The zero-order chi connectivity index (χ0) is 18.9. The van der Waals surface area contributed by atoms with Crippen LogP contribution < -0.4 is 15.8 Å². The second kappa shape index (κ2) is 11.8. The van der Waals surface area contributed by atoms with Crippen molar-refractivity contribution in [2.75, 3.05) is 11.9 Å². The molecule has 0 aliphatic carbocycles. The number of nitrogens with zero attached hydrogens (tertiary/aromatic N) is 1. The van der Waals surface area contributed by atoms with Gasteiger partial charge in [0.2, 0.25) is 0 Å². The van der Waals surface area contributed by atoms with E-state index in [0.29, 0.717) is 18.9 Å². The minimum Gasteiger partial charge on any atom is -0.491 e. The molecule has 2 aromatic rings. The Kier molecular flexibility index (Phi) is 10.2. The maximum absolute atomic E-state index is 9.77. The second-order valence-corrected chi connectivity index (χ2v) is 6.73. The Labute approximate surface area is 179 Å². The summed E-state index contributed by atoms with van der Waals surface area (Å²) in [6.07, 6.45) is 0.393. The van der Waals surface area contributed by atoms with Crippen molar-refractivity contribution < 1.29 is 9.84 Å². The maximum Gasteiger partial charge on any atom is 0.193 e. The zero-order valence-corrected chi connectivity index (χ0v) is 18.5. The van der Waals surface area contributed by atoms with Crippen LogP contribution in [0.1, 0.15) is 38.7 Å². The standard InChI is InChI=1S/C21H29N3O2.HI/c1-15(2)26-20-11-9-19(10-12-20)24-21(22)23-14-18(13-16(3)25)17-7-5-4-6-8-17;/h4-12,15-16,18,25H,13-14H2,1-3H3,(H3,22,23,24);1H. The van der Waals surface area contributed by atoms with Gasteiger partial charge in [-0.2, -0.15) is 0 Å². The summed E-state index contributed by atoms with van der Waals surface area (Å²) in [7, 11) is 0. The molecule has 0 aromatic heterocycles. The lowest BCUT2D eigenvalue weighted by Crippen LogP contribution is -2.24. The molecule has 0 amide bonds. The van der Waals surface area contributed by atoms with Gasteiger partial charge in [0.05, 0.1) is 12.2 Å². The van der Waals surface area contributed by atoms with E-state index in [9.17, 15) is 5.11 Å². The molecule has 0 aliphatic rings. The Hall–Kier alpha value is -1.80. The highest BCUT2D eigenvalue weighted by Crippen LogP contribution is 2.22. The molecule has 2 rings (SSSR count). The summed E-state index contributed by atoms with van der Waals surface area (Å²) < 4.78 is 5.63. The highest BCUT2D eigenvalue weighted by molar-refractivity contribution is 14.0. The van der Waals surface area contributed by atoms with E-state index in [1.54, 1.807) is 6.92 Å². The van der Waals surface area contributed by atoms with E-state index in [1.165, 1.54) is 0 Å². The minimum atomic E-state index is -0.391. The van der Waals surface area contributed by atoms with E-state index in [1.807, 2.05) is 56.3 Å². The average Bonchev–Trinajstić information content (AvgIpc) is 2.60. The molecular weight excluding hydrogens is 453 g/mol. The van der Waals surface area contributed by atoms with Gasteiger partial charge in [0.15, 0.2) is 5.96 Å².